The maximum atomic E-state index is 4.70. The van der Waals surface area contributed by atoms with Crippen molar-refractivity contribution in [1.82, 2.24) is 15.2 Å². The van der Waals surface area contributed by atoms with Crippen molar-refractivity contribution in [2.24, 2.45) is 0 Å². The van der Waals surface area contributed by atoms with E-state index in [0.29, 0.717) is 6.04 Å². The SMILES string of the molecule is CCCNCc1cccc(CN(C)C(C)CC)n1. The minimum absolute atomic E-state index is 0.605. The number of hydrogen-bond acceptors (Lipinski definition) is 3. The first kappa shape index (κ1) is 15.1. The molecule has 3 heteroatoms. The number of nitrogens with zero attached hydrogens (tertiary/aromatic N) is 2. The first-order valence-electron chi connectivity index (χ1n) is 7.03. The molecule has 102 valence electrons. The van der Waals surface area contributed by atoms with Crippen molar-refractivity contribution in [3.8, 4) is 0 Å². The summed E-state index contributed by atoms with van der Waals surface area (Å²) in [5, 5.41) is 3.39. The fraction of sp³-hybridized carbons (Fsp3) is 0.667. The summed E-state index contributed by atoms with van der Waals surface area (Å²) in [4.78, 5) is 7.05. The molecule has 1 heterocycles. The van der Waals surface area contributed by atoms with Crippen LogP contribution in [0, 0.1) is 0 Å². The first-order chi connectivity index (χ1) is 8.67. The number of nitrogens with one attached hydrogen (secondary N) is 1. The summed E-state index contributed by atoms with van der Waals surface area (Å²) in [7, 11) is 2.16. The van der Waals surface area contributed by atoms with Gasteiger partial charge in [0.1, 0.15) is 0 Å². The van der Waals surface area contributed by atoms with Crippen molar-refractivity contribution < 1.29 is 0 Å². The second kappa shape index (κ2) is 8.22. The van der Waals surface area contributed by atoms with Crippen LogP contribution < -0.4 is 5.32 Å². The fourth-order valence-corrected chi connectivity index (χ4v) is 1.83. The van der Waals surface area contributed by atoms with Crippen molar-refractivity contribution in [2.75, 3.05) is 13.6 Å². The third-order valence-corrected chi connectivity index (χ3v) is 3.35. The molecule has 1 N–H and O–H groups in total. The van der Waals surface area contributed by atoms with Crippen LogP contribution in [-0.4, -0.2) is 29.5 Å². The minimum Gasteiger partial charge on any atom is -0.311 e. The molecule has 0 saturated carbocycles. The molecule has 18 heavy (non-hydrogen) atoms. The molecule has 1 rings (SSSR count). The van der Waals surface area contributed by atoms with Crippen LogP contribution >= 0.6 is 0 Å². The molecule has 3 nitrogen and oxygen atoms in total. The van der Waals surface area contributed by atoms with Gasteiger partial charge in [-0.2, -0.15) is 0 Å². The van der Waals surface area contributed by atoms with Crippen LogP contribution in [0.2, 0.25) is 0 Å². The molecule has 1 atom stereocenters. The van der Waals surface area contributed by atoms with Gasteiger partial charge in [-0.25, -0.2) is 0 Å². The predicted molar refractivity (Wildman–Crippen MR) is 77.5 cm³/mol. The normalized spacial score (nSPS) is 12.9. The molecule has 0 radical (unpaired) electrons. The summed E-state index contributed by atoms with van der Waals surface area (Å²) in [5.74, 6) is 0. The van der Waals surface area contributed by atoms with Crippen LogP contribution in [0.3, 0.4) is 0 Å². The van der Waals surface area contributed by atoms with Gasteiger partial charge in [0, 0.05) is 19.1 Å². The average Bonchev–Trinajstić information content (AvgIpc) is 2.38. The third-order valence-electron chi connectivity index (χ3n) is 3.35. The highest BCUT2D eigenvalue weighted by atomic mass is 15.1. The van der Waals surface area contributed by atoms with E-state index in [4.69, 9.17) is 4.98 Å². The van der Waals surface area contributed by atoms with E-state index in [1.54, 1.807) is 0 Å². The molecular formula is C15H27N3. The number of hydrogen-bond donors (Lipinski definition) is 1. The number of pyridine rings is 1. The second-order valence-corrected chi connectivity index (χ2v) is 4.97. The lowest BCUT2D eigenvalue weighted by molar-refractivity contribution is 0.241. The van der Waals surface area contributed by atoms with Crippen molar-refractivity contribution in [2.45, 2.75) is 52.7 Å². The van der Waals surface area contributed by atoms with Crippen molar-refractivity contribution in [3.63, 3.8) is 0 Å². The Balaban J connectivity index is 2.53. The van der Waals surface area contributed by atoms with Crippen molar-refractivity contribution >= 4 is 0 Å². The summed E-state index contributed by atoms with van der Waals surface area (Å²) in [5.41, 5.74) is 2.30. The zero-order chi connectivity index (χ0) is 13.4. The van der Waals surface area contributed by atoms with Gasteiger partial charge in [-0.3, -0.25) is 9.88 Å². The van der Waals surface area contributed by atoms with E-state index in [9.17, 15) is 0 Å². The van der Waals surface area contributed by atoms with Gasteiger partial charge in [-0.1, -0.05) is 19.9 Å². The highest BCUT2D eigenvalue weighted by Gasteiger charge is 2.08. The lowest BCUT2D eigenvalue weighted by atomic mass is 10.2. The summed E-state index contributed by atoms with van der Waals surface area (Å²) in [6.07, 6.45) is 2.34. The molecule has 0 spiro atoms. The molecule has 0 amide bonds. The summed E-state index contributed by atoms with van der Waals surface area (Å²) in [6.45, 7) is 9.51. The van der Waals surface area contributed by atoms with Crippen LogP contribution in [0.15, 0.2) is 18.2 Å². The maximum absolute atomic E-state index is 4.70. The Labute approximate surface area is 112 Å². The van der Waals surface area contributed by atoms with Crippen LogP contribution in [0.4, 0.5) is 0 Å². The molecule has 0 saturated heterocycles. The molecule has 0 aliphatic rings. The van der Waals surface area contributed by atoms with Gasteiger partial charge < -0.3 is 5.32 Å². The van der Waals surface area contributed by atoms with E-state index in [0.717, 1.165) is 37.4 Å². The molecule has 0 aliphatic carbocycles. The smallest absolute Gasteiger partial charge is 0.0547 e. The summed E-state index contributed by atoms with van der Waals surface area (Å²) in [6, 6.07) is 6.92. The first-order valence-corrected chi connectivity index (χ1v) is 7.03. The second-order valence-electron chi connectivity index (χ2n) is 4.97. The predicted octanol–water partition coefficient (Wildman–Crippen LogP) is 2.81. The van der Waals surface area contributed by atoms with Gasteiger partial charge in [-0.15, -0.1) is 0 Å². The van der Waals surface area contributed by atoms with Gasteiger partial charge in [-0.05, 0) is 45.5 Å². The number of rotatable bonds is 8. The highest BCUT2D eigenvalue weighted by molar-refractivity contribution is 5.11. The molecule has 0 fully saturated rings. The molecule has 1 aromatic heterocycles. The van der Waals surface area contributed by atoms with E-state index in [2.05, 4.69) is 56.2 Å². The molecule has 1 unspecified atom stereocenters. The van der Waals surface area contributed by atoms with Gasteiger partial charge in [0.05, 0.1) is 11.4 Å². The van der Waals surface area contributed by atoms with Gasteiger partial charge in [0.2, 0.25) is 0 Å². The Morgan fingerprint density at radius 2 is 2.00 bits per heavy atom. The lowest BCUT2D eigenvalue weighted by Crippen LogP contribution is -2.28. The van der Waals surface area contributed by atoms with E-state index < -0.39 is 0 Å². The molecule has 0 aromatic carbocycles. The lowest BCUT2D eigenvalue weighted by Gasteiger charge is -2.23. The molecule has 0 aliphatic heterocycles. The largest absolute Gasteiger partial charge is 0.311 e. The van der Waals surface area contributed by atoms with Crippen molar-refractivity contribution in [3.05, 3.63) is 29.6 Å². The Bertz CT molecular complexity index is 338. The van der Waals surface area contributed by atoms with Gasteiger partial charge >= 0.3 is 0 Å². The van der Waals surface area contributed by atoms with Crippen LogP contribution in [0.5, 0.6) is 0 Å². The minimum atomic E-state index is 0.605. The fourth-order valence-electron chi connectivity index (χ4n) is 1.83. The topological polar surface area (TPSA) is 28.2 Å². The standard InChI is InChI=1S/C15H27N3/c1-5-10-16-11-14-8-7-9-15(17-14)12-18(4)13(3)6-2/h7-9,13,16H,5-6,10-12H2,1-4H3. The number of aromatic nitrogens is 1. The quantitative estimate of drug-likeness (QED) is 0.718. The zero-order valence-electron chi connectivity index (χ0n) is 12.2. The Morgan fingerprint density at radius 1 is 1.28 bits per heavy atom. The Kier molecular flexibility index (Phi) is 6.91. The Hall–Kier alpha value is -0.930. The molecule has 1 aromatic rings. The van der Waals surface area contributed by atoms with Crippen LogP contribution in [0.25, 0.3) is 0 Å². The zero-order valence-corrected chi connectivity index (χ0v) is 12.2. The average molecular weight is 249 g/mol. The van der Waals surface area contributed by atoms with Crippen LogP contribution in [-0.2, 0) is 13.1 Å². The van der Waals surface area contributed by atoms with E-state index in [1.165, 1.54) is 6.42 Å². The van der Waals surface area contributed by atoms with E-state index in [-0.39, 0.29) is 0 Å². The summed E-state index contributed by atoms with van der Waals surface area (Å²) >= 11 is 0. The van der Waals surface area contributed by atoms with Crippen LogP contribution in [0.1, 0.15) is 45.0 Å². The monoisotopic (exact) mass is 249 g/mol. The Morgan fingerprint density at radius 3 is 2.67 bits per heavy atom. The third kappa shape index (κ3) is 5.15. The maximum Gasteiger partial charge on any atom is 0.0547 e. The molecule has 0 bridgehead atoms. The van der Waals surface area contributed by atoms with E-state index in [1.807, 2.05) is 0 Å². The summed E-state index contributed by atoms with van der Waals surface area (Å²) < 4.78 is 0. The molecular weight excluding hydrogens is 222 g/mol. The van der Waals surface area contributed by atoms with Gasteiger partial charge in [0.25, 0.3) is 0 Å². The van der Waals surface area contributed by atoms with Crippen molar-refractivity contribution in [1.29, 1.82) is 0 Å². The highest BCUT2D eigenvalue weighted by Crippen LogP contribution is 2.07. The van der Waals surface area contributed by atoms with E-state index >= 15 is 0 Å². The van der Waals surface area contributed by atoms with Gasteiger partial charge in [0.15, 0.2) is 0 Å².